The highest BCUT2D eigenvalue weighted by Gasteiger charge is 2.36. The summed E-state index contributed by atoms with van der Waals surface area (Å²) in [5, 5.41) is 7.88. The second-order valence-corrected chi connectivity index (χ2v) is 8.89. The number of halogens is 1. The predicted octanol–water partition coefficient (Wildman–Crippen LogP) is 3.43. The van der Waals surface area contributed by atoms with Crippen LogP contribution in [-0.4, -0.2) is 60.0 Å². The maximum absolute atomic E-state index is 13.9. The van der Waals surface area contributed by atoms with Gasteiger partial charge in [0.05, 0.1) is 11.8 Å². The minimum Gasteiger partial charge on any atom is -0.486 e. The number of nitrogens with one attached hydrogen (secondary N) is 1. The number of carbonyl (C=O) groups is 1. The van der Waals surface area contributed by atoms with Crippen molar-refractivity contribution in [3.8, 4) is 11.5 Å². The van der Waals surface area contributed by atoms with Crippen LogP contribution in [0.2, 0.25) is 0 Å². The number of anilines is 2. The van der Waals surface area contributed by atoms with E-state index in [4.69, 9.17) is 9.47 Å². The van der Waals surface area contributed by atoms with Gasteiger partial charge in [-0.2, -0.15) is 5.10 Å². The lowest BCUT2D eigenvalue weighted by atomic mass is 9.93. The molecule has 1 amide bonds. The molecule has 1 saturated heterocycles. The maximum Gasteiger partial charge on any atom is 0.254 e. The topological polar surface area (TPSA) is 71.9 Å². The molecule has 0 radical (unpaired) electrons. The molecule has 8 nitrogen and oxygen atoms in total. The Balaban J connectivity index is 1.28. The van der Waals surface area contributed by atoms with Crippen LogP contribution in [0.4, 0.5) is 15.9 Å². The van der Waals surface area contributed by atoms with Crippen LogP contribution < -0.4 is 19.7 Å². The predicted molar refractivity (Wildman–Crippen MR) is 129 cm³/mol. The number of amides is 1. The van der Waals surface area contributed by atoms with Crippen LogP contribution >= 0.6 is 0 Å². The summed E-state index contributed by atoms with van der Waals surface area (Å²) < 4.78 is 26.7. The summed E-state index contributed by atoms with van der Waals surface area (Å²) in [6.45, 7) is 5.46. The van der Waals surface area contributed by atoms with E-state index < -0.39 is 0 Å². The first kappa shape index (κ1) is 21.5. The molecule has 0 aliphatic carbocycles. The molecule has 1 aromatic heterocycles. The van der Waals surface area contributed by atoms with Crippen molar-refractivity contribution in [1.29, 1.82) is 0 Å². The van der Waals surface area contributed by atoms with Crippen molar-refractivity contribution in [3.63, 3.8) is 0 Å². The van der Waals surface area contributed by atoms with Gasteiger partial charge in [-0.1, -0.05) is 6.07 Å². The fraction of sp³-hybridized carbons (Fsp3) is 0.308. The standard InChI is InChI=1S/C26H26FN5O3/c1-17-24(26(33)31-12-10-30(11-13-31)20-5-3-19(27)4-6-20)25(32-23(29-17)8-9-28-32)18-2-7-21-22(16-18)35-15-14-34-21/h2-9,16,25,29H,10-15H2,1H3. The first-order chi connectivity index (χ1) is 17.1. The Morgan fingerprint density at radius 1 is 1.00 bits per heavy atom. The Labute approximate surface area is 202 Å². The molecule has 1 unspecified atom stereocenters. The summed E-state index contributed by atoms with van der Waals surface area (Å²) in [5.74, 6) is 1.95. The van der Waals surface area contributed by atoms with Gasteiger partial charge in [0.1, 0.15) is 30.9 Å². The molecule has 180 valence electrons. The van der Waals surface area contributed by atoms with E-state index in [0.717, 1.165) is 22.8 Å². The third kappa shape index (κ3) is 3.86. The minimum atomic E-state index is -0.389. The molecule has 3 aromatic rings. The van der Waals surface area contributed by atoms with E-state index in [0.29, 0.717) is 56.5 Å². The zero-order valence-corrected chi connectivity index (χ0v) is 19.4. The van der Waals surface area contributed by atoms with E-state index in [1.54, 1.807) is 18.3 Å². The molecule has 4 heterocycles. The lowest BCUT2D eigenvalue weighted by Gasteiger charge is -2.38. The summed E-state index contributed by atoms with van der Waals surface area (Å²) in [4.78, 5) is 18.0. The number of rotatable bonds is 3. The van der Waals surface area contributed by atoms with Crippen LogP contribution in [0.5, 0.6) is 11.5 Å². The van der Waals surface area contributed by atoms with E-state index in [1.807, 2.05) is 40.8 Å². The molecule has 3 aliphatic rings. The van der Waals surface area contributed by atoms with Crippen LogP contribution in [0, 0.1) is 5.82 Å². The molecular weight excluding hydrogens is 449 g/mol. The highest BCUT2D eigenvalue weighted by molar-refractivity contribution is 5.97. The number of nitrogens with zero attached hydrogens (tertiary/aromatic N) is 4. The van der Waals surface area contributed by atoms with Crippen LogP contribution in [0.3, 0.4) is 0 Å². The second-order valence-electron chi connectivity index (χ2n) is 8.89. The first-order valence-corrected chi connectivity index (χ1v) is 11.8. The van der Waals surface area contributed by atoms with Crippen LogP contribution in [-0.2, 0) is 4.79 Å². The molecule has 9 heteroatoms. The quantitative estimate of drug-likeness (QED) is 0.626. The van der Waals surface area contributed by atoms with Crippen LogP contribution in [0.15, 0.2) is 66.0 Å². The molecule has 1 fully saturated rings. The van der Waals surface area contributed by atoms with Crippen molar-refractivity contribution in [2.24, 2.45) is 0 Å². The van der Waals surface area contributed by atoms with Gasteiger partial charge < -0.3 is 24.6 Å². The summed E-state index contributed by atoms with van der Waals surface area (Å²) in [5.41, 5.74) is 3.34. The molecule has 35 heavy (non-hydrogen) atoms. The monoisotopic (exact) mass is 475 g/mol. The SMILES string of the molecule is CC1=C(C(=O)N2CCN(c3ccc(F)cc3)CC2)C(c2ccc3c(c2)OCCO3)n2nccc2N1. The van der Waals surface area contributed by atoms with Gasteiger partial charge in [0.2, 0.25) is 0 Å². The Hall–Kier alpha value is -4.01. The molecule has 1 atom stereocenters. The highest BCUT2D eigenvalue weighted by Crippen LogP contribution is 2.40. The van der Waals surface area contributed by atoms with Gasteiger partial charge in [-0.25, -0.2) is 9.07 Å². The molecule has 3 aliphatic heterocycles. The van der Waals surface area contributed by atoms with Gasteiger partial charge in [-0.05, 0) is 48.9 Å². The van der Waals surface area contributed by atoms with Gasteiger partial charge in [-0.3, -0.25) is 4.79 Å². The van der Waals surface area contributed by atoms with Crippen molar-refractivity contribution in [2.75, 3.05) is 49.6 Å². The summed E-state index contributed by atoms with van der Waals surface area (Å²) in [7, 11) is 0. The molecule has 0 saturated carbocycles. The number of aromatic nitrogens is 2. The number of hydrogen-bond acceptors (Lipinski definition) is 6. The van der Waals surface area contributed by atoms with Gasteiger partial charge in [0.25, 0.3) is 5.91 Å². The first-order valence-electron chi connectivity index (χ1n) is 11.8. The molecule has 0 bridgehead atoms. The number of benzene rings is 2. The number of piperazine rings is 1. The molecule has 0 spiro atoms. The van der Waals surface area contributed by atoms with Gasteiger partial charge in [-0.15, -0.1) is 0 Å². The van der Waals surface area contributed by atoms with Crippen molar-refractivity contribution >= 4 is 17.4 Å². The zero-order chi connectivity index (χ0) is 23.9. The van der Waals surface area contributed by atoms with E-state index in [-0.39, 0.29) is 17.8 Å². The molecular formula is C26H26FN5O3. The Kier molecular flexibility index (Phi) is 5.32. The van der Waals surface area contributed by atoms with Crippen LogP contribution in [0.1, 0.15) is 18.5 Å². The van der Waals surface area contributed by atoms with Gasteiger partial charge in [0.15, 0.2) is 11.5 Å². The number of fused-ring (bicyclic) bond motifs is 2. The summed E-state index contributed by atoms with van der Waals surface area (Å²) >= 11 is 0. The third-order valence-corrected chi connectivity index (χ3v) is 6.78. The smallest absolute Gasteiger partial charge is 0.254 e. The normalized spacial score (nSPS) is 19.3. The molecule has 6 rings (SSSR count). The van der Waals surface area contributed by atoms with Crippen LogP contribution in [0.25, 0.3) is 0 Å². The lowest BCUT2D eigenvalue weighted by Crippen LogP contribution is -2.50. The van der Waals surface area contributed by atoms with E-state index in [1.165, 1.54) is 12.1 Å². The Morgan fingerprint density at radius 3 is 2.51 bits per heavy atom. The largest absolute Gasteiger partial charge is 0.486 e. The average molecular weight is 476 g/mol. The second kappa shape index (κ2) is 8.65. The van der Waals surface area contributed by atoms with Crippen molar-refractivity contribution < 1.29 is 18.7 Å². The molecule has 1 N–H and O–H groups in total. The lowest BCUT2D eigenvalue weighted by molar-refractivity contribution is -0.128. The van der Waals surface area contributed by atoms with Gasteiger partial charge >= 0.3 is 0 Å². The van der Waals surface area contributed by atoms with E-state index >= 15 is 0 Å². The summed E-state index contributed by atoms with van der Waals surface area (Å²) in [6, 6.07) is 13.8. The zero-order valence-electron chi connectivity index (χ0n) is 19.4. The van der Waals surface area contributed by atoms with Crippen molar-refractivity contribution in [3.05, 3.63) is 77.4 Å². The fourth-order valence-corrected chi connectivity index (χ4v) is 5.01. The van der Waals surface area contributed by atoms with Crippen molar-refractivity contribution in [2.45, 2.75) is 13.0 Å². The minimum absolute atomic E-state index is 0.0187. The van der Waals surface area contributed by atoms with E-state index in [2.05, 4.69) is 15.3 Å². The number of ether oxygens (including phenoxy) is 2. The third-order valence-electron chi connectivity index (χ3n) is 6.78. The summed E-state index contributed by atoms with van der Waals surface area (Å²) in [6.07, 6.45) is 1.73. The number of allylic oxidation sites excluding steroid dienone is 1. The van der Waals surface area contributed by atoms with Gasteiger partial charge in [0, 0.05) is 43.6 Å². The van der Waals surface area contributed by atoms with Crippen molar-refractivity contribution in [1.82, 2.24) is 14.7 Å². The fourth-order valence-electron chi connectivity index (χ4n) is 5.01. The Morgan fingerprint density at radius 2 is 1.74 bits per heavy atom. The number of hydrogen-bond donors (Lipinski definition) is 1. The molecule has 2 aromatic carbocycles. The maximum atomic E-state index is 13.9. The Bertz CT molecular complexity index is 1290. The highest BCUT2D eigenvalue weighted by atomic mass is 19.1. The average Bonchev–Trinajstić information content (AvgIpc) is 3.36. The van der Waals surface area contributed by atoms with E-state index in [9.17, 15) is 9.18 Å². The number of carbonyl (C=O) groups excluding carboxylic acids is 1.